The summed E-state index contributed by atoms with van der Waals surface area (Å²) in [5, 5.41) is 0. The summed E-state index contributed by atoms with van der Waals surface area (Å²) in [5.74, 6) is 1.82. The van der Waals surface area contributed by atoms with Gasteiger partial charge in [0.25, 0.3) is 0 Å². The van der Waals surface area contributed by atoms with Gasteiger partial charge in [0.1, 0.15) is 0 Å². The van der Waals surface area contributed by atoms with Crippen molar-refractivity contribution >= 4 is 0 Å². The smallest absolute Gasteiger partial charge is 0.0200 e. The van der Waals surface area contributed by atoms with Gasteiger partial charge in [0, 0.05) is 13.1 Å². The molecule has 1 saturated carbocycles. The van der Waals surface area contributed by atoms with Crippen molar-refractivity contribution in [2.45, 2.75) is 52.9 Å². The summed E-state index contributed by atoms with van der Waals surface area (Å²) in [6, 6.07) is 0. The molecule has 1 nitrogen and oxygen atoms in total. The highest BCUT2D eigenvalue weighted by molar-refractivity contribution is 4.85. The molecule has 1 rings (SSSR count). The molecule has 88 valence electrons. The van der Waals surface area contributed by atoms with E-state index in [0.717, 1.165) is 18.4 Å². The second-order valence-corrected chi connectivity index (χ2v) is 5.02. The summed E-state index contributed by atoms with van der Waals surface area (Å²) < 4.78 is 0. The summed E-state index contributed by atoms with van der Waals surface area (Å²) in [5.41, 5.74) is 0. The monoisotopic (exact) mass is 209 g/mol. The maximum Gasteiger partial charge on any atom is 0.0200 e. The molecule has 1 atom stereocenters. The Bertz CT molecular complexity index is 182. The Labute approximate surface area is 95.5 Å². The molecule has 0 aromatic carbocycles. The van der Waals surface area contributed by atoms with Crippen molar-refractivity contribution in [3.63, 3.8) is 0 Å². The first-order valence-electron chi connectivity index (χ1n) is 6.67. The van der Waals surface area contributed by atoms with Gasteiger partial charge in [0.05, 0.1) is 0 Å². The van der Waals surface area contributed by atoms with Crippen molar-refractivity contribution in [3.8, 4) is 0 Å². The van der Waals surface area contributed by atoms with Gasteiger partial charge < -0.3 is 4.90 Å². The predicted octanol–water partition coefficient (Wildman–Crippen LogP) is 4.06. The van der Waals surface area contributed by atoms with Gasteiger partial charge in [-0.25, -0.2) is 0 Å². The zero-order chi connectivity index (χ0) is 11.1. The van der Waals surface area contributed by atoms with Crippen LogP contribution in [0.4, 0.5) is 0 Å². The van der Waals surface area contributed by atoms with Crippen molar-refractivity contribution in [1.82, 2.24) is 4.90 Å². The molecule has 1 aliphatic carbocycles. The average Bonchev–Trinajstić information content (AvgIpc) is 2.20. The summed E-state index contributed by atoms with van der Waals surface area (Å²) in [7, 11) is 0. The number of allylic oxidation sites excluding steroid dienone is 1. The number of rotatable bonds is 7. The highest BCUT2D eigenvalue weighted by Gasteiger charge is 2.18. The van der Waals surface area contributed by atoms with Crippen LogP contribution in [-0.2, 0) is 0 Å². The van der Waals surface area contributed by atoms with E-state index >= 15 is 0 Å². The van der Waals surface area contributed by atoms with Gasteiger partial charge in [-0.2, -0.15) is 0 Å². The number of hydrogen-bond donors (Lipinski definition) is 0. The molecule has 0 aromatic rings. The second-order valence-electron chi connectivity index (χ2n) is 5.02. The van der Waals surface area contributed by atoms with E-state index in [1.165, 1.54) is 38.6 Å². The molecule has 0 aliphatic heterocycles. The molecule has 1 aliphatic rings. The second kappa shape index (κ2) is 6.92. The first kappa shape index (κ1) is 12.6. The Balaban J connectivity index is 2.19. The fraction of sp³-hybridized carbons (Fsp3) is 0.857. The molecule has 0 spiro atoms. The van der Waals surface area contributed by atoms with E-state index in [1.807, 2.05) is 0 Å². The number of nitrogens with zero attached hydrogens (tertiary/aromatic N) is 1. The topological polar surface area (TPSA) is 3.24 Å². The maximum absolute atomic E-state index is 2.48. The average molecular weight is 209 g/mol. The Hall–Kier alpha value is -0.460. The third-order valence-corrected chi connectivity index (χ3v) is 3.68. The molecule has 0 N–H and O–H groups in total. The minimum Gasteiger partial charge on any atom is -0.378 e. The van der Waals surface area contributed by atoms with Gasteiger partial charge in [0.15, 0.2) is 0 Å². The van der Waals surface area contributed by atoms with Crippen LogP contribution in [0.2, 0.25) is 0 Å². The first-order chi connectivity index (χ1) is 7.26. The van der Waals surface area contributed by atoms with Gasteiger partial charge in [-0.15, -0.1) is 0 Å². The van der Waals surface area contributed by atoms with E-state index in [4.69, 9.17) is 0 Å². The molecule has 0 saturated heterocycles. The molecule has 0 radical (unpaired) electrons. The van der Waals surface area contributed by atoms with Crippen molar-refractivity contribution in [2.24, 2.45) is 11.8 Å². The van der Waals surface area contributed by atoms with Crippen LogP contribution < -0.4 is 0 Å². The molecule has 1 unspecified atom stereocenters. The van der Waals surface area contributed by atoms with Crippen LogP contribution in [0.25, 0.3) is 0 Å². The lowest BCUT2D eigenvalue weighted by atomic mass is 9.85. The SMILES string of the molecule is CCC(C)C/C=C/N(CC)CC1CCC1. The van der Waals surface area contributed by atoms with E-state index in [0.29, 0.717) is 0 Å². The molecule has 0 amide bonds. The van der Waals surface area contributed by atoms with Gasteiger partial charge in [-0.05, 0) is 44.2 Å². The maximum atomic E-state index is 2.48. The Morgan fingerprint density at radius 1 is 1.33 bits per heavy atom. The Kier molecular flexibility index (Phi) is 5.82. The summed E-state index contributed by atoms with van der Waals surface area (Å²) >= 11 is 0. The fourth-order valence-corrected chi connectivity index (χ4v) is 1.91. The molecule has 1 fully saturated rings. The number of hydrogen-bond acceptors (Lipinski definition) is 1. The molecule has 0 bridgehead atoms. The zero-order valence-corrected chi connectivity index (χ0v) is 10.7. The zero-order valence-electron chi connectivity index (χ0n) is 10.7. The van der Waals surface area contributed by atoms with Crippen LogP contribution in [-0.4, -0.2) is 18.0 Å². The van der Waals surface area contributed by atoms with E-state index in [-0.39, 0.29) is 0 Å². The van der Waals surface area contributed by atoms with Crippen LogP contribution in [0.15, 0.2) is 12.3 Å². The predicted molar refractivity (Wildman–Crippen MR) is 67.8 cm³/mol. The Morgan fingerprint density at radius 3 is 2.53 bits per heavy atom. The summed E-state index contributed by atoms with van der Waals surface area (Å²) in [4.78, 5) is 2.48. The van der Waals surface area contributed by atoms with Crippen molar-refractivity contribution in [1.29, 1.82) is 0 Å². The fourth-order valence-electron chi connectivity index (χ4n) is 1.91. The van der Waals surface area contributed by atoms with Gasteiger partial charge >= 0.3 is 0 Å². The van der Waals surface area contributed by atoms with E-state index in [9.17, 15) is 0 Å². The van der Waals surface area contributed by atoms with Crippen LogP contribution in [0, 0.1) is 11.8 Å². The first-order valence-corrected chi connectivity index (χ1v) is 6.67. The lowest BCUT2D eigenvalue weighted by molar-refractivity contribution is 0.228. The normalized spacial score (nSPS) is 19.1. The Morgan fingerprint density at radius 2 is 2.07 bits per heavy atom. The third-order valence-electron chi connectivity index (χ3n) is 3.68. The quantitative estimate of drug-likeness (QED) is 0.611. The van der Waals surface area contributed by atoms with Gasteiger partial charge in [0.2, 0.25) is 0 Å². The van der Waals surface area contributed by atoms with E-state index in [2.05, 4.69) is 37.9 Å². The van der Waals surface area contributed by atoms with Crippen LogP contribution >= 0.6 is 0 Å². The molecule has 1 heteroatoms. The molecule has 0 aromatic heterocycles. The minimum atomic E-state index is 0.837. The summed E-state index contributed by atoms with van der Waals surface area (Å²) in [6.07, 6.45) is 11.6. The van der Waals surface area contributed by atoms with Crippen LogP contribution in [0.5, 0.6) is 0 Å². The highest BCUT2D eigenvalue weighted by Crippen LogP contribution is 2.27. The van der Waals surface area contributed by atoms with Crippen molar-refractivity contribution in [2.75, 3.05) is 13.1 Å². The van der Waals surface area contributed by atoms with Crippen molar-refractivity contribution in [3.05, 3.63) is 12.3 Å². The van der Waals surface area contributed by atoms with E-state index < -0.39 is 0 Å². The molecule has 0 heterocycles. The van der Waals surface area contributed by atoms with Crippen LogP contribution in [0.1, 0.15) is 52.9 Å². The standard InChI is InChI=1S/C14H27N/c1-4-13(3)8-7-11-15(5-2)12-14-9-6-10-14/h7,11,13-14H,4-6,8-10,12H2,1-3H3/b11-7+. The third kappa shape index (κ3) is 4.72. The lowest BCUT2D eigenvalue weighted by Gasteiger charge is -2.31. The molecular weight excluding hydrogens is 182 g/mol. The van der Waals surface area contributed by atoms with Gasteiger partial charge in [-0.3, -0.25) is 0 Å². The van der Waals surface area contributed by atoms with E-state index in [1.54, 1.807) is 0 Å². The largest absolute Gasteiger partial charge is 0.378 e. The minimum absolute atomic E-state index is 0.837. The van der Waals surface area contributed by atoms with Crippen molar-refractivity contribution < 1.29 is 0 Å². The lowest BCUT2D eigenvalue weighted by Crippen LogP contribution is -2.28. The van der Waals surface area contributed by atoms with Gasteiger partial charge in [-0.1, -0.05) is 32.8 Å². The van der Waals surface area contributed by atoms with Crippen LogP contribution in [0.3, 0.4) is 0 Å². The highest BCUT2D eigenvalue weighted by atomic mass is 15.1. The molecular formula is C14H27N. The summed E-state index contributed by atoms with van der Waals surface area (Å²) in [6.45, 7) is 9.30. The molecule has 15 heavy (non-hydrogen) atoms.